The molecule has 7 nitrogen and oxygen atoms in total. The maximum absolute atomic E-state index is 13.5. The van der Waals surface area contributed by atoms with E-state index in [1.54, 1.807) is 18.1 Å². The molecule has 0 radical (unpaired) electrons. The number of imidazole rings is 1. The monoisotopic (exact) mass is 558 g/mol. The number of carbonyl (C=O) groups is 2. The van der Waals surface area contributed by atoms with Crippen molar-refractivity contribution in [1.82, 2.24) is 15.3 Å². The summed E-state index contributed by atoms with van der Waals surface area (Å²) in [5, 5.41) is 6.65. The molecule has 0 aliphatic heterocycles. The smallest absolute Gasteiger partial charge is 0.328 e. The van der Waals surface area contributed by atoms with Gasteiger partial charge in [0.1, 0.15) is 6.04 Å². The number of nitrogens with one attached hydrogen (secondary N) is 3. The number of ether oxygens (including phenoxy) is 1. The quantitative estimate of drug-likeness (QED) is 0.231. The lowest BCUT2D eigenvalue weighted by molar-refractivity contribution is -0.142. The molecule has 0 fully saturated rings. The summed E-state index contributed by atoms with van der Waals surface area (Å²) in [6.45, 7) is 6.55. The molecular weight excluding hydrogens is 520 g/mol. The van der Waals surface area contributed by atoms with Gasteiger partial charge in [-0.05, 0) is 80.5 Å². The normalized spacial score (nSPS) is 16.6. The van der Waals surface area contributed by atoms with E-state index in [0.717, 1.165) is 34.7 Å². The highest BCUT2D eigenvalue weighted by Gasteiger charge is 2.29. The summed E-state index contributed by atoms with van der Waals surface area (Å²) in [5.41, 5.74) is 8.07. The van der Waals surface area contributed by atoms with Gasteiger partial charge >= 0.3 is 5.97 Å². The highest BCUT2D eigenvalue weighted by molar-refractivity contribution is 7.98. The summed E-state index contributed by atoms with van der Waals surface area (Å²) in [7, 11) is 1.34. The Morgan fingerprint density at radius 3 is 2.60 bits per heavy atom. The molecule has 3 atom stereocenters. The van der Waals surface area contributed by atoms with Crippen LogP contribution in [0, 0.1) is 5.92 Å². The number of aromatic nitrogens is 2. The number of H-pyrrole nitrogens is 1. The molecule has 1 heterocycles. The molecule has 3 aromatic rings. The number of thioether (sulfide) groups is 1. The van der Waals surface area contributed by atoms with E-state index in [9.17, 15) is 9.59 Å². The first-order chi connectivity index (χ1) is 19.3. The fourth-order valence-electron chi connectivity index (χ4n) is 5.17. The van der Waals surface area contributed by atoms with Crippen molar-refractivity contribution in [2.75, 3.05) is 24.4 Å². The summed E-state index contributed by atoms with van der Waals surface area (Å²) in [6.07, 6.45) is 9.26. The van der Waals surface area contributed by atoms with Crippen LogP contribution in [0.4, 0.5) is 5.69 Å². The average molecular weight is 559 g/mol. The van der Waals surface area contributed by atoms with Crippen LogP contribution in [0.25, 0.3) is 11.1 Å². The number of hydrogen-bond acceptors (Lipinski definition) is 6. The minimum atomic E-state index is -0.711. The van der Waals surface area contributed by atoms with Crippen LogP contribution in [-0.2, 0) is 9.53 Å². The van der Waals surface area contributed by atoms with E-state index < -0.39 is 12.0 Å². The Bertz CT molecular complexity index is 1380. The molecule has 0 spiro atoms. The Labute approximate surface area is 240 Å². The zero-order valence-corrected chi connectivity index (χ0v) is 24.6. The van der Waals surface area contributed by atoms with Gasteiger partial charge in [-0.15, -0.1) is 0 Å². The highest BCUT2D eigenvalue weighted by Crippen LogP contribution is 2.39. The zero-order valence-electron chi connectivity index (χ0n) is 23.8. The van der Waals surface area contributed by atoms with Crippen LogP contribution >= 0.6 is 11.8 Å². The molecule has 1 amide bonds. The molecule has 4 rings (SSSR count). The van der Waals surface area contributed by atoms with Crippen molar-refractivity contribution in [2.24, 2.45) is 5.92 Å². The standard InChI is InChI=1S/C32H38N4O3S/c1-20-11-13-25(22(3)21(20)2)30(29-18-33-19-34-29)35-24-12-14-26(27(17-24)23-9-7-6-8-10-23)31(37)36-28(15-16-40-5)32(38)39-4/h6-12,14,17-19,25,28,30,35H,13,15-16H2,1-5H3,(H,33,34)(H,36,37)/t25?,28-,30?/m0/s1. The number of amides is 1. The number of carbonyl (C=O) groups excluding carboxylic acids is 2. The molecule has 210 valence electrons. The number of esters is 1. The number of anilines is 1. The van der Waals surface area contributed by atoms with Gasteiger partial charge in [0.2, 0.25) is 0 Å². The van der Waals surface area contributed by atoms with E-state index in [4.69, 9.17) is 4.74 Å². The van der Waals surface area contributed by atoms with Crippen molar-refractivity contribution < 1.29 is 14.3 Å². The van der Waals surface area contributed by atoms with Crippen LogP contribution in [0.1, 0.15) is 55.7 Å². The number of benzene rings is 2. The Morgan fingerprint density at radius 2 is 1.93 bits per heavy atom. The summed E-state index contributed by atoms with van der Waals surface area (Å²) in [4.78, 5) is 33.5. The second-order valence-electron chi connectivity index (χ2n) is 10.1. The number of rotatable bonds is 11. The van der Waals surface area contributed by atoms with Crippen LogP contribution in [0.15, 0.2) is 83.9 Å². The second kappa shape index (κ2) is 13.5. The van der Waals surface area contributed by atoms with Crippen LogP contribution in [0.5, 0.6) is 0 Å². The van der Waals surface area contributed by atoms with E-state index in [-0.39, 0.29) is 17.9 Å². The number of hydrogen-bond donors (Lipinski definition) is 3. The Balaban J connectivity index is 1.70. The highest BCUT2D eigenvalue weighted by atomic mass is 32.2. The molecule has 1 aliphatic carbocycles. The van der Waals surface area contributed by atoms with Crippen molar-refractivity contribution >= 4 is 29.3 Å². The lowest BCUT2D eigenvalue weighted by Gasteiger charge is -2.32. The van der Waals surface area contributed by atoms with Crippen molar-refractivity contribution in [3.63, 3.8) is 0 Å². The second-order valence-corrected chi connectivity index (χ2v) is 11.1. The van der Waals surface area contributed by atoms with E-state index in [1.165, 1.54) is 23.8 Å². The summed E-state index contributed by atoms with van der Waals surface area (Å²) < 4.78 is 4.95. The van der Waals surface area contributed by atoms with Gasteiger partial charge in [-0.3, -0.25) is 4.79 Å². The molecule has 1 aliphatic rings. The SMILES string of the molecule is COC(=O)[C@H](CCSC)NC(=O)c1ccc(NC(c2cnc[nH]2)C2CC=C(C)C(C)=C2C)cc1-c1ccccc1. The first kappa shape index (κ1) is 29.2. The van der Waals surface area contributed by atoms with E-state index in [0.29, 0.717) is 12.0 Å². The van der Waals surface area contributed by atoms with Gasteiger partial charge in [-0.1, -0.05) is 47.6 Å². The lowest BCUT2D eigenvalue weighted by atomic mass is 9.79. The van der Waals surface area contributed by atoms with Crippen LogP contribution < -0.4 is 10.6 Å². The third-order valence-electron chi connectivity index (χ3n) is 7.75. The van der Waals surface area contributed by atoms with Crippen LogP contribution in [0.3, 0.4) is 0 Å². The Kier molecular flexibility index (Phi) is 9.88. The predicted octanol–water partition coefficient (Wildman–Crippen LogP) is 6.56. The van der Waals surface area contributed by atoms with E-state index in [2.05, 4.69) is 47.4 Å². The fraction of sp³-hybridized carbons (Fsp3) is 0.344. The number of aromatic amines is 1. The Morgan fingerprint density at radius 1 is 1.15 bits per heavy atom. The summed E-state index contributed by atoms with van der Waals surface area (Å²) in [5.74, 6) is 0.214. The maximum atomic E-state index is 13.5. The minimum Gasteiger partial charge on any atom is -0.467 e. The molecular formula is C32H38N4O3S. The van der Waals surface area contributed by atoms with Crippen LogP contribution in [-0.4, -0.2) is 47.0 Å². The van der Waals surface area contributed by atoms with Crippen LogP contribution in [0.2, 0.25) is 0 Å². The first-order valence-electron chi connectivity index (χ1n) is 13.5. The largest absolute Gasteiger partial charge is 0.467 e. The van der Waals surface area contributed by atoms with Gasteiger partial charge in [-0.25, -0.2) is 9.78 Å². The molecule has 40 heavy (non-hydrogen) atoms. The van der Waals surface area contributed by atoms with E-state index >= 15 is 0 Å². The molecule has 2 aromatic carbocycles. The predicted molar refractivity (Wildman–Crippen MR) is 163 cm³/mol. The van der Waals surface area contributed by atoms with Gasteiger partial charge in [0.25, 0.3) is 5.91 Å². The number of methoxy groups -OCH3 is 1. The summed E-state index contributed by atoms with van der Waals surface area (Å²) >= 11 is 1.62. The number of allylic oxidation sites excluding steroid dienone is 3. The van der Waals surface area contributed by atoms with Gasteiger partial charge in [0.05, 0.1) is 31.4 Å². The first-order valence-corrected chi connectivity index (χ1v) is 14.9. The molecule has 2 unspecified atom stereocenters. The van der Waals surface area contributed by atoms with Gasteiger partial charge in [-0.2, -0.15) is 11.8 Å². The fourth-order valence-corrected chi connectivity index (χ4v) is 5.64. The molecule has 8 heteroatoms. The zero-order chi connectivity index (χ0) is 28.6. The molecule has 0 saturated heterocycles. The maximum Gasteiger partial charge on any atom is 0.328 e. The van der Waals surface area contributed by atoms with Gasteiger partial charge < -0.3 is 20.4 Å². The summed E-state index contributed by atoms with van der Waals surface area (Å²) in [6, 6.07) is 14.8. The van der Waals surface area contributed by atoms with Crippen molar-refractivity contribution in [2.45, 2.75) is 45.7 Å². The molecule has 0 bridgehead atoms. The van der Waals surface area contributed by atoms with Crippen molar-refractivity contribution in [1.29, 1.82) is 0 Å². The average Bonchev–Trinajstić information content (AvgIpc) is 3.52. The van der Waals surface area contributed by atoms with Gasteiger partial charge in [0, 0.05) is 17.2 Å². The van der Waals surface area contributed by atoms with E-state index in [1.807, 2.05) is 61.0 Å². The van der Waals surface area contributed by atoms with Crippen molar-refractivity contribution in [3.05, 3.63) is 95.1 Å². The Hall–Kier alpha value is -3.78. The number of nitrogens with zero attached hydrogens (tertiary/aromatic N) is 1. The van der Waals surface area contributed by atoms with Gasteiger partial charge in [0.15, 0.2) is 0 Å². The molecule has 3 N–H and O–H groups in total. The van der Waals surface area contributed by atoms with Crippen molar-refractivity contribution in [3.8, 4) is 11.1 Å². The third kappa shape index (κ3) is 6.67. The third-order valence-corrected chi connectivity index (χ3v) is 8.39. The minimum absolute atomic E-state index is 0.0413. The topological polar surface area (TPSA) is 96.1 Å². The molecule has 0 saturated carbocycles. The lowest BCUT2D eigenvalue weighted by Crippen LogP contribution is -2.42. The molecule has 1 aromatic heterocycles.